The van der Waals surface area contributed by atoms with Gasteiger partial charge in [-0.05, 0) is 67.7 Å². The number of carboxylic acids is 1. The molecule has 3 aliphatic rings. The zero-order chi connectivity index (χ0) is 25.5. The number of rotatable bonds is 10. The van der Waals surface area contributed by atoms with E-state index in [0.29, 0.717) is 30.3 Å². The molecule has 2 heterocycles. The number of hydrogen-bond acceptors (Lipinski definition) is 4. The molecule has 200 valence electrons. The van der Waals surface area contributed by atoms with Crippen LogP contribution in [0.4, 0.5) is 0 Å². The van der Waals surface area contributed by atoms with Crippen molar-refractivity contribution >= 4 is 5.97 Å². The molecule has 0 bridgehead atoms. The molecule has 0 radical (unpaired) electrons. The maximum atomic E-state index is 12.5. The van der Waals surface area contributed by atoms with Gasteiger partial charge >= 0.3 is 5.97 Å². The predicted molar refractivity (Wildman–Crippen MR) is 148 cm³/mol. The zero-order valence-electron chi connectivity index (χ0n) is 22.2. The molecule has 2 saturated heterocycles. The number of carbonyl (C=O) groups is 1. The van der Waals surface area contributed by atoms with E-state index in [0.717, 1.165) is 52.2 Å². The van der Waals surface area contributed by atoms with Crippen LogP contribution in [-0.2, 0) is 16.1 Å². The highest BCUT2D eigenvalue weighted by Crippen LogP contribution is 2.38. The van der Waals surface area contributed by atoms with E-state index in [2.05, 4.69) is 64.4 Å². The molecule has 0 spiro atoms. The van der Waals surface area contributed by atoms with Crippen LogP contribution in [0.1, 0.15) is 62.0 Å². The minimum Gasteiger partial charge on any atom is -0.480 e. The number of ether oxygens (including phenoxy) is 1. The van der Waals surface area contributed by atoms with Gasteiger partial charge in [0.25, 0.3) is 0 Å². The summed E-state index contributed by atoms with van der Waals surface area (Å²) >= 11 is 0. The highest BCUT2D eigenvalue weighted by atomic mass is 16.5. The van der Waals surface area contributed by atoms with Crippen LogP contribution < -0.4 is 0 Å². The van der Waals surface area contributed by atoms with Crippen LogP contribution in [-0.4, -0.2) is 66.2 Å². The van der Waals surface area contributed by atoms with Gasteiger partial charge in [-0.2, -0.15) is 0 Å². The van der Waals surface area contributed by atoms with Gasteiger partial charge in [0.15, 0.2) is 0 Å². The van der Waals surface area contributed by atoms with E-state index in [9.17, 15) is 9.90 Å². The van der Waals surface area contributed by atoms with E-state index < -0.39 is 5.97 Å². The molecular weight excluding hydrogens is 460 g/mol. The third-order valence-electron chi connectivity index (χ3n) is 9.10. The van der Waals surface area contributed by atoms with Gasteiger partial charge in [-0.15, -0.1) is 0 Å². The Kier molecular flexibility index (Phi) is 9.30. The summed E-state index contributed by atoms with van der Waals surface area (Å²) in [6.45, 7) is 6.59. The maximum Gasteiger partial charge on any atom is 0.321 e. The number of benzene rings is 2. The topological polar surface area (TPSA) is 53.0 Å². The van der Waals surface area contributed by atoms with Crippen LogP contribution in [0, 0.1) is 17.8 Å². The first-order valence-corrected chi connectivity index (χ1v) is 14.5. The van der Waals surface area contributed by atoms with Gasteiger partial charge in [0, 0.05) is 32.2 Å². The Labute approximate surface area is 222 Å². The Morgan fingerprint density at radius 1 is 0.892 bits per heavy atom. The van der Waals surface area contributed by atoms with Crippen molar-refractivity contribution in [2.75, 3.05) is 39.3 Å². The van der Waals surface area contributed by atoms with E-state index in [4.69, 9.17) is 4.74 Å². The molecule has 5 rings (SSSR count). The summed E-state index contributed by atoms with van der Waals surface area (Å²) in [5, 5.41) is 10.3. The van der Waals surface area contributed by atoms with Crippen LogP contribution >= 0.6 is 0 Å². The molecule has 37 heavy (non-hydrogen) atoms. The summed E-state index contributed by atoms with van der Waals surface area (Å²) in [5.41, 5.74) is 2.61. The Morgan fingerprint density at radius 3 is 2.24 bits per heavy atom. The minimum absolute atomic E-state index is 0.299. The fraction of sp³-hybridized carbons (Fsp3) is 0.594. The molecular formula is C32H44N2O3. The molecule has 5 nitrogen and oxygen atoms in total. The second-order valence-corrected chi connectivity index (χ2v) is 11.7. The molecule has 1 N–H and O–H groups in total. The second-order valence-electron chi connectivity index (χ2n) is 11.7. The van der Waals surface area contributed by atoms with Crippen molar-refractivity contribution in [3.63, 3.8) is 0 Å². The lowest BCUT2D eigenvalue weighted by atomic mass is 9.83. The monoisotopic (exact) mass is 504 g/mol. The van der Waals surface area contributed by atoms with Gasteiger partial charge in [0.1, 0.15) is 6.04 Å². The highest BCUT2D eigenvalue weighted by molar-refractivity contribution is 5.74. The molecule has 0 aromatic heterocycles. The minimum atomic E-state index is -0.615. The highest BCUT2D eigenvalue weighted by Gasteiger charge is 2.43. The third-order valence-corrected chi connectivity index (χ3v) is 9.10. The first kappa shape index (κ1) is 26.4. The molecule has 0 amide bonds. The number of aliphatic carboxylic acids is 1. The summed E-state index contributed by atoms with van der Waals surface area (Å²) in [6, 6.07) is 20.9. The number of nitrogens with zero attached hydrogens (tertiary/aromatic N) is 2. The van der Waals surface area contributed by atoms with Crippen LogP contribution in [0.3, 0.4) is 0 Å². The summed E-state index contributed by atoms with van der Waals surface area (Å²) in [5.74, 6) is 1.19. The first-order valence-electron chi connectivity index (χ1n) is 14.5. The Balaban J connectivity index is 1.17. The molecule has 2 aromatic carbocycles. The molecule has 0 unspecified atom stereocenters. The van der Waals surface area contributed by atoms with E-state index >= 15 is 0 Å². The normalized spacial score (nSPS) is 25.3. The second kappa shape index (κ2) is 13.0. The average molecular weight is 505 g/mol. The number of piperidine rings is 1. The summed E-state index contributed by atoms with van der Waals surface area (Å²) in [6.07, 6.45) is 8.10. The van der Waals surface area contributed by atoms with Gasteiger partial charge in [0.05, 0.1) is 6.61 Å². The number of carboxylic acid groups (broad SMARTS) is 1. The SMILES string of the molecule is O=C(O)[C@@H](C1CCCCC1)N1C[C@H](CN2CCC(COCc3ccccc3)CC2)[C@@H](c2ccccc2)C1. The van der Waals surface area contributed by atoms with Crippen molar-refractivity contribution in [1.29, 1.82) is 0 Å². The van der Waals surface area contributed by atoms with Crippen LogP contribution in [0.25, 0.3) is 0 Å². The lowest BCUT2D eigenvalue weighted by Gasteiger charge is -2.35. The van der Waals surface area contributed by atoms with Crippen LogP contribution in [0.2, 0.25) is 0 Å². The van der Waals surface area contributed by atoms with Gasteiger partial charge in [-0.3, -0.25) is 9.69 Å². The zero-order valence-corrected chi connectivity index (χ0v) is 22.2. The Bertz CT molecular complexity index is 955. The van der Waals surface area contributed by atoms with Gasteiger partial charge in [-0.1, -0.05) is 79.9 Å². The quantitative estimate of drug-likeness (QED) is 0.452. The van der Waals surface area contributed by atoms with E-state index in [1.54, 1.807) is 0 Å². The summed E-state index contributed by atoms with van der Waals surface area (Å²) in [4.78, 5) is 17.4. The molecule has 1 aliphatic carbocycles. The van der Waals surface area contributed by atoms with Crippen LogP contribution in [0.5, 0.6) is 0 Å². The molecule has 2 aromatic rings. The van der Waals surface area contributed by atoms with E-state index in [-0.39, 0.29) is 6.04 Å². The maximum absolute atomic E-state index is 12.5. The fourth-order valence-electron chi connectivity index (χ4n) is 7.09. The molecule has 2 aliphatic heterocycles. The summed E-state index contributed by atoms with van der Waals surface area (Å²) < 4.78 is 6.04. The van der Waals surface area contributed by atoms with Crippen molar-refractivity contribution in [3.8, 4) is 0 Å². The lowest BCUT2D eigenvalue weighted by molar-refractivity contribution is -0.145. The van der Waals surface area contributed by atoms with Crippen molar-refractivity contribution in [1.82, 2.24) is 9.80 Å². The molecule has 1 saturated carbocycles. The average Bonchev–Trinajstić information content (AvgIpc) is 3.34. The molecule has 5 heteroatoms. The largest absolute Gasteiger partial charge is 0.480 e. The summed E-state index contributed by atoms with van der Waals surface area (Å²) in [7, 11) is 0. The first-order chi connectivity index (χ1) is 18.2. The molecule has 3 fully saturated rings. The lowest BCUT2D eigenvalue weighted by Crippen LogP contribution is -2.46. The fourth-order valence-corrected chi connectivity index (χ4v) is 7.09. The van der Waals surface area contributed by atoms with Crippen LogP contribution in [0.15, 0.2) is 60.7 Å². The van der Waals surface area contributed by atoms with Crippen molar-refractivity contribution in [2.24, 2.45) is 17.8 Å². The van der Waals surface area contributed by atoms with Crippen molar-refractivity contribution < 1.29 is 14.6 Å². The van der Waals surface area contributed by atoms with Gasteiger partial charge in [0.2, 0.25) is 0 Å². The smallest absolute Gasteiger partial charge is 0.321 e. The third kappa shape index (κ3) is 7.01. The van der Waals surface area contributed by atoms with Crippen molar-refractivity contribution in [2.45, 2.75) is 63.5 Å². The number of hydrogen-bond donors (Lipinski definition) is 1. The number of likely N-dealkylation sites (tertiary alicyclic amines) is 2. The van der Waals surface area contributed by atoms with Gasteiger partial charge < -0.3 is 14.7 Å². The van der Waals surface area contributed by atoms with Gasteiger partial charge in [-0.25, -0.2) is 0 Å². The predicted octanol–water partition coefficient (Wildman–Crippen LogP) is 5.66. The van der Waals surface area contributed by atoms with E-state index in [1.165, 1.54) is 43.2 Å². The molecule has 3 atom stereocenters. The van der Waals surface area contributed by atoms with Crippen molar-refractivity contribution in [3.05, 3.63) is 71.8 Å². The van der Waals surface area contributed by atoms with E-state index in [1.807, 2.05) is 6.07 Å². The standard InChI is InChI=1S/C32H44N2O3/c35-32(36)31(28-14-8-3-9-15-28)34-21-29(30(22-34)27-12-6-2-7-13-27)20-33-18-16-26(17-19-33)24-37-23-25-10-4-1-5-11-25/h1-2,4-7,10-13,26,28-31H,3,8-9,14-24H2,(H,35,36)/t29-,30+,31+/m0/s1. The Morgan fingerprint density at radius 2 is 1.57 bits per heavy atom. The Hall–Kier alpha value is -2.21.